The highest BCUT2D eigenvalue weighted by Gasteiger charge is 2.28. The normalized spacial score (nSPS) is 15.0. The Labute approximate surface area is 170 Å². The van der Waals surface area contributed by atoms with Gasteiger partial charge in [0.1, 0.15) is 6.04 Å². The van der Waals surface area contributed by atoms with E-state index in [0.717, 1.165) is 49.3 Å². The summed E-state index contributed by atoms with van der Waals surface area (Å²) in [5, 5.41) is 4.54. The number of pyridine rings is 1. The molecule has 1 N–H and O–H groups in total. The molecule has 0 saturated heterocycles. The van der Waals surface area contributed by atoms with E-state index in [1.54, 1.807) is 32.4 Å². The zero-order valence-electron chi connectivity index (χ0n) is 17.0. The monoisotopic (exact) mass is 400 g/mol. The molecule has 1 aliphatic heterocycles. The van der Waals surface area contributed by atoms with E-state index in [4.69, 9.17) is 0 Å². The lowest BCUT2D eigenvalue weighted by atomic mass is 10.0. The van der Waals surface area contributed by atoms with E-state index in [1.807, 2.05) is 11.6 Å². The van der Waals surface area contributed by atoms with Crippen LogP contribution in [0.15, 0.2) is 23.7 Å². The first-order valence-electron chi connectivity index (χ1n) is 9.68. The standard InChI is InChI=1S/C21H28N4O2S/c1-5-15-6-7-16(23-10-15)11-25-9-8-17-18(13-28-19(17)12-25)21(27)24(4)14(2)20(26)22-3/h6-7,10,13-14H,5,8-9,11-12H2,1-4H3,(H,22,26). The molecule has 150 valence electrons. The van der Waals surface area contributed by atoms with Crippen molar-refractivity contribution in [1.82, 2.24) is 20.1 Å². The second kappa shape index (κ2) is 8.84. The molecule has 0 aromatic carbocycles. The predicted molar refractivity (Wildman–Crippen MR) is 111 cm³/mol. The molecule has 3 rings (SSSR count). The summed E-state index contributed by atoms with van der Waals surface area (Å²) < 4.78 is 0. The van der Waals surface area contributed by atoms with Crippen molar-refractivity contribution in [2.45, 2.75) is 45.8 Å². The van der Waals surface area contributed by atoms with Crippen LogP contribution in [0, 0.1) is 0 Å². The van der Waals surface area contributed by atoms with Gasteiger partial charge in [-0.3, -0.25) is 19.5 Å². The Morgan fingerprint density at radius 3 is 2.82 bits per heavy atom. The Balaban J connectivity index is 1.68. The summed E-state index contributed by atoms with van der Waals surface area (Å²) in [6.07, 6.45) is 3.80. The van der Waals surface area contributed by atoms with Crippen molar-refractivity contribution in [2.75, 3.05) is 20.6 Å². The molecule has 2 aromatic heterocycles. The second-order valence-corrected chi connectivity index (χ2v) is 8.19. The maximum Gasteiger partial charge on any atom is 0.255 e. The van der Waals surface area contributed by atoms with Crippen LogP contribution in [0.5, 0.6) is 0 Å². The van der Waals surface area contributed by atoms with Crippen LogP contribution in [0.2, 0.25) is 0 Å². The van der Waals surface area contributed by atoms with Crippen molar-refractivity contribution in [3.8, 4) is 0 Å². The Kier molecular flexibility index (Phi) is 6.46. The van der Waals surface area contributed by atoms with Gasteiger partial charge in [-0.1, -0.05) is 13.0 Å². The average molecular weight is 401 g/mol. The van der Waals surface area contributed by atoms with Gasteiger partial charge in [-0.25, -0.2) is 0 Å². The molecule has 3 heterocycles. The highest BCUT2D eigenvalue weighted by Crippen LogP contribution is 2.30. The molecule has 6 nitrogen and oxygen atoms in total. The van der Waals surface area contributed by atoms with Crippen molar-refractivity contribution in [2.24, 2.45) is 0 Å². The summed E-state index contributed by atoms with van der Waals surface area (Å²) in [5.74, 6) is -0.244. The van der Waals surface area contributed by atoms with Crippen LogP contribution in [0.1, 0.15) is 45.9 Å². The zero-order valence-corrected chi connectivity index (χ0v) is 17.8. The van der Waals surface area contributed by atoms with Gasteiger partial charge in [-0.15, -0.1) is 11.3 Å². The average Bonchev–Trinajstić information content (AvgIpc) is 3.15. The summed E-state index contributed by atoms with van der Waals surface area (Å²) >= 11 is 1.63. The number of amides is 2. The number of aryl methyl sites for hydroxylation is 1. The van der Waals surface area contributed by atoms with Gasteiger partial charge in [-0.05, 0) is 37.0 Å². The molecule has 1 aliphatic rings. The molecule has 28 heavy (non-hydrogen) atoms. The van der Waals surface area contributed by atoms with E-state index in [2.05, 4.69) is 34.3 Å². The van der Waals surface area contributed by atoms with Gasteiger partial charge < -0.3 is 10.2 Å². The molecule has 1 unspecified atom stereocenters. The molecule has 0 radical (unpaired) electrons. The van der Waals surface area contributed by atoms with Crippen molar-refractivity contribution in [1.29, 1.82) is 0 Å². The van der Waals surface area contributed by atoms with Crippen LogP contribution in [0.4, 0.5) is 0 Å². The summed E-state index contributed by atoms with van der Waals surface area (Å²) in [4.78, 5) is 34.5. The van der Waals surface area contributed by atoms with Gasteiger partial charge in [0.05, 0.1) is 11.3 Å². The van der Waals surface area contributed by atoms with Crippen LogP contribution in [-0.4, -0.2) is 53.3 Å². The molecule has 2 amide bonds. The molecule has 0 fully saturated rings. The Morgan fingerprint density at radius 1 is 1.39 bits per heavy atom. The minimum absolute atomic E-state index is 0.0844. The van der Waals surface area contributed by atoms with Crippen LogP contribution < -0.4 is 5.32 Å². The quantitative estimate of drug-likeness (QED) is 0.809. The first-order valence-corrected chi connectivity index (χ1v) is 10.6. The van der Waals surface area contributed by atoms with E-state index in [9.17, 15) is 9.59 Å². The largest absolute Gasteiger partial charge is 0.357 e. The summed E-state index contributed by atoms with van der Waals surface area (Å²) in [6.45, 7) is 6.42. The van der Waals surface area contributed by atoms with Gasteiger partial charge in [-0.2, -0.15) is 0 Å². The minimum Gasteiger partial charge on any atom is -0.357 e. The third kappa shape index (κ3) is 4.25. The Hall–Kier alpha value is -2.25. The first kappa shape index (κ1) is 20.5. The lowest BCUT2D eigenvalue weighted by Crippen LogP contribution is -2.45. The minimum atomic E-state index is -0.495. The fourth-order valence-electron chi connectivity index (χ4n) is 3.43. The van der Waals surface area contributed by atoms with Gasteiger partial charge in [0.25, 0.3) is 5.91 Å². The molecule has 0 spiro atoms. The molecule has 0 aliphatic carbocycles. The number of nitrogens with one attached hydrogen (secondary N) is 1. The number of hydrogen-bond donors (Lipinski definition) is 1. The Morgan fingerprint density at radius 2 is 2.18 bits per heavy atom. The molecule has 2 aromatic rings. The SMILES string of the molecule is CCc1ccc(CN2CCc3c(C(=O)N(C)C(C)C(=O)NC)csc3C2)nc1. The fourth-order valence-corrected chi connectivity index (χ4v) is 4.55. The van der Waals surface area contributed by atoms with Gasteiger partial charge in [0.2, 0.25) is 5.91 Å². The molecule has 0 bridgehead atoms. The zero-order chi connectivity index (χ0) is 20.3. The highest BCUT2D eigenvalue weighted by molar-refractivity contribution is 7.10. The molecule has 0 saturated carbocycles. The number of carbonyl (C=O) groups excluding carboxylic acids is 2. The number of carbonyl (C=O) groups is 2. The van der Waals surface area contributed by atoms with Crippen LogP contribution in [-0.2, 0) is 30.7 Å². The molecular formula is C21H28N4O2S. The molecule has 7 heteroatoms. The number of likely N-dealkylation sites (N-methyl/N-ethyl adjacent to an activating group) is 2. The lowest BCUT2D eigenvalue weighted by molar-refractivity contribution is -0.124. The van der Waals surface area contributed by atoms with E-state index >= 15 is 0 Å². The van der Waals surface area contributed by atoms with Gasteiger partial charge in [0, 0.05) is 50.2 Å². The third-order valence-corrected chi connectivity index (χ3v) is 6.48. The summed E-state index contributed by atoms with van der Waals surface area (Å²) in [6, 6.07) is 3.75. The number of nitrogens with zero attached hydrogens (tertiary/aromatic N) is 3. The summed E-state index contributed by atoms with van der Waals surface area (Å²) in [5.41, 5.74) is 4.20. The number of thiophene rings is 1. The number of fused-ring (bicyclic) bond motifs is 1. The predicted octanol–water partition coefficient (Wildman–Crippen LogP) is 2.47. The lowest BCUT2D eigenvalue weighted by Gasteiger charge is -2.28. The number of hydrogen-bond acceptors (Lipinski definition) is 5. The van der Waals surface area contributed by atoms with Gasteiger partial charge >= 0.3 is 0 Å². The molecule has 1 atom stereocenters. The van der Waals surface area contributed by atoms with Crippen molar-refractivity contribution < 1.29 is 9.59 Å². The van der Waals surface area contributed by atoms with Gasteiger partial charge in [0.15, 0.2) is 0 Å². The molecular weight excluding hydrogens is 372 g/mol. The van der Waals surface area contributed by atoms with Crippen LogP contribution in [0.25, 0.3) is 0 Å². The Bertz CT molecular complexity index is 847. The maximum atomic E-state index is 12.9. The maximum absolute atomic E-state index is 12.9. The number of rotatable bonds is 6. The highest BCUT2D eigenvalue weighted by atomic mass is 32.1. The third-order valence-electron chi connectivity index (χ3n) is 5.46. The fraction of sp³-hybridized carbons (Fsp3) is 0.476. The van der Waals surface area contributed by atoms with Crippen LogP contribution >= 0.6 is 11.3 Å². The topological polar surface area (TPSA) is 65.5 Å². The van der Waals surface area contributed by atoms with E-state index in [0.29, 0.717) is 0 Å². The number of aromatic nitrogens is 1. The summed E-state index contributed by atoms with van der Waals surface area (Å²) in [7, 11) is 3.27. The first-order chi connectivity index (χ1) is 13.4. The van der Waals surface area contributed by atoms with E-state index in [1.165, 1.54) is 15.3 Å². The van der Waals surface area contributed by atoms with E-state index in [-0.39, 0.29) is 11.8 Å². The van der Waals surface area contributed by atoms with E-state index < -0.39 is 6.04 Å². The van der Waals surface area contributed by atoms with Crippen molar-refractivity contribution in [3.05, 3.63) is 51.0 Å². The van der Waals surface area contributed by atoms with Crippen LogP contribution in [0.3, 0.4) is 0 Å². The van der Waals surface area contributed by atoms with Crippen molar-refractivity contribution >= 4 is 23.2 Å². The smallest absolute Gasteiger partial charge is 0.255 e. The second-order valence-electron chi connectivity index (χ2n) is 7.23. The van der Waals surface area contributed by atoms with Crippen molar-refractivity contribution in [3.63, 3.8) is 0 Å².